The van der Waals surface area contributed by atoms with E-state index in [1.807, 2.05) is 6.07 Å². The number of hydrogen-bond donors (Lipinski definition) is 0. The molecule has 2 rings (SSSR count). The average Bonchev–Trinajstić information content (AvgIpc) is 2.33. The van der Waals surface area contributed by atoms with Gasteiger partial charge in [-0.05, 0) is 12.1 Å². The van der Waals surface area contributed by atoms with Gasteiger partial charge in [0.25, 0.3) is 0 Å². The SMILES string of the molecule is CN1C(=O)S(=O)c2ccccc21. The zero-order valence-corrected chi connectivity index (χ0v) is 7.30. The number of benzene rings is 1. The largest absolute Gasteiger partial charge is 0.320 e. The molecule has 0 fully saturated rings. The summed E-state index contributed by atoms with van der Waals surface area (Å²) in [5.74, 6) is 0. The smallest absolute Gasteiger partial charge is 0.303 e. The highest BCUT2D eigenvalue weighted by molar-refractivity contribution is 8.01. The zero-order chi connectivity index (χ0) is 8.72. The average molecular weight is 181 g/mol. The summed E-state index contributed by atoms with van der Waals surface area (Å²) in [6.45, 7) is 0. The van der Waals surface area contributed by atoms with Crippen molar-refractivity contribution in [3.05, 3.63) is 24.3 Å². The van der Waals surface area contributed by atoms with Crippen LogP contribution in [-0.2, 0) is 10.8 Å². The summed E-state index contributed by atoms with van der Waals surface area (Å²) < 4.78 is 11.3. The predicted octanol–water partition coefficient (Wildman–Crippen LogP) is 1.36. The lowest BCUT2D eigenvalue weighted by Crippen LogP contribution is -2.20. The van der Waals surface area contributed by atoms with E-state index >= 15 is 0 Å². The first-order valence-corrected chi connectivity index (χ1v) is 4.65. The molecule has 0 N–H and O–H groups in total. The highest BCUT2D eigenvalue weighted by Crippen LogP contribution is 2.30. The second-order valence-electron chi connectivity index (χ2n) is 2.56. The van der Waals surface area contributed by atoms with Crippen LogP contribution in [0.4, 0.5) is 10.5 Å². The molecular weight excluding hydrogens is 174 g/mol. The van der Waals surface area contributed by atoms with E-state index in [1.165, 1.54) is 4.90 Å². The van der Waals surface area contributed by atoms with Crippen molar-refractivity contribution in [2.75, 3.05) is 11.9 Å². The van der Waals surface area contributed by atoms with Crippen LogP contribution in [-0.4, -0.2) is 16.5 Å². The highest BCUT2D eigenvalue weighted by atomic mass is 32.2. The summed E-state index contributed by atoms with van der Waals surface area (Å²) >= 11 is 0. The third kappa shape index (κ3) is 0.814. The summed E-state index contributed by atoms with van der Waals surface area (Å²) in [6.07, 6.45) is 0. The van der Waals surface area contributed by atoms with Gasteiger partial charge >= 0.3 is 5.24 Å². The minimum absolute atomic E-state index is 0.337. The van der Waals surface area contributed by atoms with Gasteiger partial charge in [-0.25, -0.2) is 4.21 Å². The first-order chi connectivity index (χ1) is 5.72. The number of fused-ring (bicyclic) bond motifs is 1. The van der Waals surface area contributed by atoms with Crippen LogP contribution in [0.15, 0.2) is 29.2 Å². The monoisotopic (exact) mass is 181 g/mol. The van der Waals surface area contributed by atoms with Crippen LogP contribution in [0.1, 0.15) is 0 Å². The van der Waals surface area contributed by atoms with Crippen molar-refractivity contribution < 1.29 is 9.00 Å². The van der Waals surface area contributed by atoms with Crippen molar-refractivity contribution in [1.82, 2.24) is 0 Å². The molecule has 0 aliphatic carbocycles. The second kappa shape index (κ2) is 2.42. The summed E-state index contributed by atoms with van der Waals surface area (Å²) in [7, 11) is 0.145. The summed E-state index contributed by atoms with van der Waals surface area (Å²) in [5, 5.41) is -0.337. The van der Waals surface area contributed by atoms with Crippen molar-refractivity contribution in [3.63, 3.8) is 0 Å². The molecule has 62 valence electrons. The minimum Gasteiger partial charge on any atom is -0.303 e. The number of para-hydroxylation sites is 1. The van der Waals surface area contributed by atoms with Gasteiger partial charge in [-0.3, -0.25) is 4.79 Å². The molecule has 0 radical (unpaired) electrons. The van der Waals surface area contributed by atoms with Crippen molar-refractivity contribution in [2.45, 2.75) is 4.90 Å². The molecule has 1 heterocycles. The maximum atomic E-state index is 11.3. The lowest BCUT2D eigenvalue weighted by atomic mass is 10.3. The van der Waals surface area contributed by atoms with Crippen molar-refractivity contribution >= 4 is 21.7 Å². The zero-order valence-electron chi connectivity index (χ0n) is 6.48. The van der Waals surface area contributed by atoms with Crippen LogP contribution in [0.3, 0.4) is 0 Å². The van der Waals surface area contributed by atoms with Crippen LogP contribution in [0, 0.1) is 0 Å². The van der Waals surface area contributed by atoms with Crippen LogP contribution in [0.2, 0.25) is 0 Å². The molecule has 1 unspecified atom stereocenters. The Morgan fingerprint density at radius 3 is 2.67 bits per heavy atom. The summed E-state index contributed by atoms with van der Waals surface area (Å²) in [5.41, 5.74) is 0.751. The van der Waals surface area contributed by atoms with Gasteiger partial charge in [0, 0.05) is 7.05 Å². The summed E-state index contributed by atoms with van der Waals surface area (Å²) in [6, 6.07) is 7.11. The first kappa shape index (κ1) is 7.49. The van der Waals surface area contributed by atoms with Crippen molar-refractivity contribution in [2.24, 2.45) is 0 Å². The van der Waals surface area contributed by atoms with Crippen molar-refractivity contribution in [1.29, 1.82) is 0 Å². The van der Waals surface area contributed by atoms with E-state index in [0.717, 1.165) is 5.69 Å². The third-order valence-corrected chi connectivity index (χ3v) is 3.19. The van der Waals surface area contributed by atoms with E-state index in [9.17, 15) is 9.00 Å². The number of anilines is 1. The molecule has 1 amide bonds. The van der Waals surface area contributed by atoms with Gasteiger partial charge in [-0.15, -0.1) is 0 Å². The van der Waals surface area contributed by atoms with Crippen LogP contribution in [0.5, 0.6) is 0 Å². The summed E-state index contributed by atoms with van der Waals surface area (Å²) in [4.78, 5) is 13.2. The van der Waals surface area contributed by atoms with Gasteiger partial charge in [0.05, 0.1) is 10.6 Å². The van der Waals surface area contributed by atoms with E-state index in [-0.39, 0.29) is 5.24 Å². The number of nitrogens with zero attached hydrogens (tertiary/aromatic N) is 1. The topological polar surface area (TPSA) is 37.4 Å². The highest BCUT2D eigenvalue weighted by Gasteiger charge is 2.31. The van der Waals surface area contributed by atoms with Gasteiger partial charge in [-0.1, -0.05) is 12.1 Å². The lowest BCUT2D eigenvalue weighted by Gasteiger charge is -2.06. The maximum Gasteiger partial charge on any atom is 0.320 e. The molecule has 1 aliphatic heterocycles. The fraction of sp³-hybridized carbons (Fsp3) is 0.125. The fourth-order valence-electron chi connectivity index (χ4n) is 1.21. The molecule has 0 saturated heterocycles. The Bertz CT molecular complexity index is 375. The normalized spacial score (nSPS) is 21.2. The van der Waals surface area contributed by atoms with Gasteiger partial charge in [0.2, 0.25) is 0 Å². The molecule has 0 saturated carbocycles. The van der Waals surface area contributed by atoms with Gasteiger partial charge in [0.15, 0.2) is 0 Å². The second-order valence-corrected chi connectivity index (χ2v) is 3.89. The van der Waals surface area contributed by atoms with E-state index in [4.69, 9.17) is 0 Å². The molecule has 0 aromatic heterocycles. The molecule has 1 aliphatic rings. The number of carbonyl (C=O) groups is 1. The Morgan fingerprint density at radius 2 is 2.00 bits per heavy atom. The van der Waals surface area contributed by atoms with E-state index in [1.54, 1.807) is 25.2 Å². The predicted molar refractivity (Wildman–Crippen MR) is 46.6 cm³/mol. The minimum atomic E-state index is -1.49. The van der Waals surface area contributed by atoms with Crippen LogP contribution >= 0.6 is 0 Å². The van der Waals surface area contributed by atoms with Crippen LogP contribution < -0.4 is 4.90 Å². The molecule has 1 atom stereocenters. The lowest BCUT2D eigenvalue weighted by molar-refractivity contribution is 0.265. The number of amides is 1. The Balaban J connectivity index is 2.67. The molecule has 0 bridgehead atoms. The van der Waals surface area contributed by atoms with Crippen LogP contribution in [0.25, 0.3) is 0 Å². The Kier molecular flexibility index (Phi) is 1.51. The van der Waals surface area contributed by atoms with E-state index in [2.05, 4.69) is 0 Å². The third-order valence-electron chi connectivity index (χ3n) is 1.86. The number of rotatable bonds is 0. The van der Waals surface area contributed by atoms with Gasteiger partial charge in [-0.2, -0.15) is 0 Å². The molecule has 12 heavy (non-hydrogen) atoms. The van der Waals surface area contributed by atoms with E-state index < -0.39 is 10.8 Å². The van der Waals surface area contributed by atoms with Gasteiger partial charge < -0.3 is 4.90 Å². The Hall–Kier alpha value is -1.16. The van der Waals surface area contributed by atoms with Gasteiger partial charge in [0.1, 0.15) is 10.8 Å². The maximum absolute atomic E-state index is 11.3. The molecule has 3 nitrogen and oxygen atoms in total. The van der Waals surface area contributed by atoms with Crippen molar-refractivity contribution in [3.8, 4) is 0 Å². The fourth-order valence-corrected chi connectivity index (χ4v) is 2.34. The number of carbonyl (C=O) groups excluding carboxylic acids is 1. The quantitative estimate of drug-likeness (QED) is 0.606. The Labute approximate surface area is 72.5 Å². The molecule has 1 aromatic carbocycles. The molecule has 1 aromatic rings. The first-order valence-electron chi connectivity index (χ1n) is 3.50. The standard InChI is InChI=1S/C8H7NO2S/c1-9-6-4-2-3-5-7(6)12(11)8(9)10/h2-5H,1H3. The Morgan fingerprint density at radius 1 is 1.33 bits per heavy atom. The number of hydrogen-bond acceptors (Lipinski definition) is 2. The molecule has 4 heteroatoms. The van der Waals surface area contributed by atoms with E-state index in [0.29, 0.717) is 4.90 Å². The molecule has 0 spiro atoms. The molecular formula is C8H7NO2S.